The third-order valence-electron chi connectivity index (χ3n) is 5.54. The first kappa shape index (κ1) is 22.9. The number of aromatic nitrogens is 2. The number of aromatic amines is 1. The highest BCUT2D eigenvalue weighted by molar-refractivity contribution is 6.30. The fraction of sp³-hybridized carbons (Fsp3) is 0.292. The van der Waals surface area contributed by atoms with Crippen molar-refractivity contribution < 1.29 is 13.9 Å². The molecule has 172 valence electrons. The maximum atomic E-state index is 14.5. The lowest BCUT2D eigenvalue weighted by Gasteiger charge is -2.36. The number of carbonyl (C=O) groups excluding carboxylic acids is 1. The molecule has 0 spiro atoms. The first-order valence-electron chi connectivity index (χ1n) is 10.5. The van der Waals surface area contributed by atoms with E-state index in [1.54, 1.807) is 24.4 Å². The highest BCUT2D eigenvalue weighted by Gasteiger charge is 2.41. The van der Waals surface area contributed by atoms with Crippen molar-refractivity contribution in [2.75, 3.05) is 23.8 Å². The van der Waals surface area contributed by atoms with E-state index in [1.165, 1.54) is 18.2 Å². The molecule has 0 unspecified atom stereocenters. The van der Waals surface area contributed by atoms with Crippen LogP contribution >= 0.6 is 11.6 Å². The molecule has 1 fully saturated rings. The van der Waals surface area contributed by atoms with Gasteiger partial charge in [-0.15, -0.1) is 0 Å². The molecule has 0 atom stereocenters. The summed E-state index contributed by atoms with van der Waals surface area (Å²) in [5, 5.41) is 6.41. The minimum Gasteiger partial charge on any atom is -0.379 e. The number of carbonyl (C=O) groups is 1. The number of H-pyrrole nitrogens is 1. The number of ether oxygens (including phenoxy) is 1. The van der Waals surface area contributed by atoms with Crippen LogP contribution < -0.4 is 16.2 Å². The van der Waals surface area contributed by atoms with Crippen LogP contribution in [-0.4, -0.2) is 29.1 Å². The Morgan fingerprint density at radius 3 is 2.64 bits per heavy atom. The molecular formula is C24H24ClFN4O3. The molecule has 3 heterocycles. The number of pyridine rings is 2. The van der Waals surface area contributed by atoms with Gasteiger partial charge in [0.15, 0.2) is 0 Å². The number of hydrogen-bond donors (Lipinski definition) is 3. The van der Waals surface area contributed by atoms with Gasteiger partial charge in [0.2, 0.25) is 5.91 Å². The van der Waals surface area contributed by atoms with Gasteiger partial charge in [0.05, 0.1) is 29.9 Å². The van der Waals surface area contributed by atoms with Crippen molar-refractivity contribution in [3.05, 3.63) is 69.5 Å². The van der Waals surface area contributed by atoms with Crippen molar-refractivity contribution >= 4 is 34.7 Å². The molecule has 1 saturated heterocycles. The summed E-state index contributed by atoms with van der Waals surface area (Å²) < 4.78 is 19.6. The van der Waals surface area contributed by atoms with Crippen LogP contribution in [-0.2, 0) is 9.53 Å². The Kier molecular flexibility index (Phi) is 6.23. The zero-order valence-corrected chi connectivity index (χ0v) is 19.2. The SMILES string of the molecule is CC(C)c1[nH]c(=O)c(-c2cc(Cl)ccc2F)cc1Nc1ccnc(NC(=O)C2(C)COC2)c1. The maximum Gasteiger partial charge on any atom is 0.256 e. The van der Waals surface area contributed by atoms with Crippen LogP contribution in [0.4, 0.5) is 21.6 Å². The molecule has 0 radical (unpaired) electrons. The van der Waals surface area contributed by atoms with Crippen molar-refractivity contribution in [3.63, 3.8) is 0 Å². The second kappa shape index (κ2) is 8.96. The topological polar surface area (TPSA) is 96.1 Å². The standard InChI is InChI=1S/C24H24ClFN4O3/c1-13(2)21-19(10-17(22(31)30-21)16-8-14(25)4-5-18(16)26)28-15-6-7-27-20(9-15)29-23(32)24(3)11-33-12-24/h4-10,13H,11-12H2,1-3H3,(H,30,31)(H2,27,28,29,32). The van der Waals surface area contributed by atoms with Crippen LogP contribution in [0.1, 0.15) is 32.4 Å². The van der Waals surface area contributed by atoms with Gasteiger partial charge in [0.1, 0.15) is 11.6 Å². The van der Waals surface area contributed by atoms with E-state index < -0.39 is 16.8 Å². The van der Waals surface area contributed by atoms with E-state index in [4.69, 9.17) is 16.3 Å². The fourth-order valence-corrected chi connectivity index (χ4v) is 3.72. The van der Waals surface area contributed by atoms with E-state index >= 15 is 0 Å². The van der Waals surface area contributed by atoms with Gasteiger partial charge >= 0.3 is 0 Å². The zero-order chi connectivity index (χ0) is 23.8. The molecule has 2 aromatic heterocycles. The van der Waals surface area contributed by atoms with E-state index in [-0.39, 0.29) is 23.0 Å². The number of rotatable bonds is 6. The third kappa shape index (κ3) is 4.77. The highest BCUT2D eigenvalue weighted by atomic mass is 35.5. The first-order chi connectivity index (χ1) is 15.7. The Balaban J connectivity index is 1.68. The van der Waals surface area contributed by atoms with Crippen LogP contribution in [0.15, 0.2) is 47.4 Å². The maximum absolute atomic E-state index is 14.5. The molecule has 0 aliphatic carbocycles. The number of nitrogens with one attached hydrogen (secondary N) is 3. The van der Waals surface area contributed by atoms with Crippen molar-refractivity contribution in [2.24, 2.45) is 5.41 Å². The van der Waals surface area contributed by atoms with Crippen LogP contribution in [0, 0.1) is 11.2 Å². The quantitative estimate of drug-likeness (QED) is 0.467. The molecule has 4 rings (SSSR count). The van der Waals surface area contributed by atoms with Gasteiger partial charge in [-0.3, -0.25) is 9.59 Å². The van der Waals surface area contributed by atoms with E-state index in [0.29, 0.717) is 41.1 Å². The number of nitrogens with zero attached hydrogens (tertiary/aromatic N) is 1. The average molecular weight is 471 g/mol. The minimum absolute atomic E-state index is 0.0157. The molecule has 7 nitrogen and oxygen atoms in total. The summed E-state index contributed by atoms with van der Waals surface area (Å²) in [4.78, 5) is 32.3. The minimum atomic E-state index is -0.565. The van der Waals surface area contributed by atoms with Gasteiger partial charge < -0.3 is 20.4 Å². The number of anilines is 3. The van der Waals surface area contributed by atoms with Crippen LogP contribution in [0.2, 0.25) is 5.02 Å². The Hall–Kier alpha value is -3.23. The van der Waals surface area contributed by atoms with Gasteiger partial charge in [-0.2, -0.15) is 0 Å². The highest BCUT2D eigenvalue weighted by Crippen LogP contribution is 2.32. The Morgan fingerprint density at radius 1 is 1.21 bits per heavy atom. The van der Waals surface area contributed by atoms with Crippen molar-refractivity contribution in [3.8, 4) is 11.1 Å². The molecule has 3 aromatic rings. The summed E-state index contributed by atoms with van der Waals surface area (Å²) >= 11 is 6.03. The molecule has 1 amide bonds. The average Bonchev–Trinajstić information content (AvgIpc) is 2.75. The number of benzene rings is 1. The van der Waals surface area contributed by atoms with E-state index in [9.17, 15) is 14.0 Å². The van der Waals surface area contributed by atoms with Crippen LogP contribution in [0.25, 0.3) is 11.1 Å². The van der Waals surface area contributed by atoms with Crippen LogP contribution in [0.5, 0.6) is 0 Å². The lowest BCUT2D eigenvalue weighted by atomic mass is 9.88. The summed E-state index contributed by atoms with van der Waals surface area (Å²) in [6, 6.07) is 9.11. The van der Waals surface area contributed by atoms with Gasteiger partial charge in [-0.05, 0) is 43.2 Å². The van der Waals surface area contributed by atoms with Gasteiger partial charge in [0.25, 0.3) is 5.56 Å². The summed E-state index contributed by atoms with van der Waals surface area (Å²) in [6.07, 6.45) is 1.57. The van der Waals surface area contributed by atoms with E-state index in [0.717, 1.165) is 0 Å². The second-order valence-corrected chi connectivity index (χ2v) is 9.12. The van der Waals surface area contributed by atoms with E-state index in [1.807, 2.05) is 20.8 Å². The second-order valence-electron chi connectivity index (χ2n) is 8.68. The third-order valence-corrected chi connectivity index (χ3v) is 5.77. The van der Waals surface area contributed by atoms with Crippen molar-refractivity contribution in [1.82, 2.24) is 9.97 Å². The summed E-state index contributed by atoms with van der Waals surface area (Å²) in [5.74, 6) is -0.340. The predicted octanol–water partition coefficient (Wildman–Crippen LogP) is 5.07. The lowest BCUT2D eigenvalue weighted by molar-refractivity contribution is -0.151. The summed E-state index contributed by atoms with van der Waals surface area (Å²) in [5.41, 5.74) is 1.19. The van der Waals surface area contributed by atoms with Crippen molar-refractivity contribution in [1.29, 1.82) is 0 Å². The lowest BCUT2D eigenvalue weighted by Crippen LogP contribution is -2.49. The number of hydrogen-bond acceptors (Lipinski definition) is 5. The van der Waals surface area contributed by atoms with Crippen LogP contribution in [0.3, 0.4) is 0 Å². The van der Waals surface area contributed by atoms with Gasteiger partial charge in [0, 0.05) is 34.2 Å². The summed E-state index contributed by atoms with van der Waals surface area (Å²) in [6.45, 7) is 6.45. The molecule has 1 aromatic carbocycles. The summed E-state index contributed by atoms with van der Waals surface area (Å²) in [7, 11) is 0. The normalized spacial score (nSPS) is 14.6. The smallest absolute Gasteiger partial charge is 0.256 e. The van der Waals surface area contributed by atoms with Crippen molar-refractivity contribution in [2.45, 2.75) is 26.7 Å². The zero-order valence-electron chi connectivity index (χ0n) is 18.5. The molecule has 33 heavy (non-hydrogen) atoms. The predicted molar refractivity (Wildman–Crippen MR) is 127 cm³/mol. The Bertz CT molecular complexity index is 1270. The Morgan fingerprint density at radius 2 is 1.97 bits per heavy atom. The largest absolute Gasteiger partial charge is 0.379 e. The molecule has 9 heteroatoms. The number of halogens is 2. The monoisotopic (exact) mass is 470 g/mol. The van der Waals surface area contributed by atoms with Gasteiger partial charge in [-0.1, -0.05) is 25.4 Å². The molecule has 3 N–H and O–H groups in total. The first-order valence-corrected chi connectivity index (χ1v) is 10.9. The van der Waals surface area contributed by atoms with Gasteiger partial charge in [-0.25, -0.2) is 9.37 Å². The molecule has 0 saturated carbocycles. The number of amides is 1. The Labute approximate surface area is 195 Å². The molecule has 1 aliphatic heterocycles. The fourth-order valence-electron chi connectivity index (χ4n) is 3.55. The molecule has 1 aliphatic rings. The molecule has 0 bridgehead atoms. The molecular weight excluding hydrogens is 447 g/mol. The van der Waals surface area contributed by atoms with E-state index in [2.05, 4.69) is 20.6 Å².